The zero-order valence-corrected chi connectivity index (χ0v) is 19.2. The van der Waals surface area contributed by atoms with Crippen LogP contribution in [0.3, 0.4) is 0 Å². The molecule has 1 amide bonds. The second-order valence-electron chi connectivity index (χ2n) is 8.95. The summed E-state index contributed by atoms with van der Waals surface area (Å²) in [4.78, 5) is 27.6. The second-order valence-corrected chi connectivity index (χ2v) is 11.2. The summed E-state index contributed by atoms with van der Waals surface area (Å²) in [5.41, 5.74) is 3.22. The molecule has 0 saturated carbocycles. The van der Waals surface area contributed by atoms with E-state index in [0.717, 1.165) is 11.1 Å². The number of ketones is 1. The molecule has 2 fully saturated rings. The number of benzene rings is 2. The molecular weight excluding hydrogens is 426 g/mol. The molecule has 2 aliphatic rings. The van der Waals surface area contributed by atoms with Gasteiger partial charge in [-0.05, 0) is 30.4 Å². The van der Waals surface area contributed by atoms with Gasteiger partial charge in [-0.2, -0.15) is 0 Å². The first-order valence-electron chi connectivity index (χ1n) is 10.8. The number of carbonyl (C=O) groups excluding carboxylic acids is 2. The van der Waals surface area contributed by atoms with E-state index in [-0.39, 0.29) is 29.3 Å². The van der Waals surface area contributed by atoms with Crippen LogP contribution in [0.4, 0.5) is 0 Å². The molecule has 2 aromatic carbocycles. The van der Waals surface area contributed by atoms with Crippen LogP contribution in [0.25, 0.3) is 5.76 Å². The first kappa shape index (κ1) is 22.3. The number of carbonyl (C=O) groups is 2. The van der Waals surface area contributed by atoms with Gasteiger partial charge in [-0.3, -0.25) is 9.59 Å². The number of aliphatic hydroxyl groups is 1. The maximum absolute atomic E-state index is 13.1. The molecule has 32 heavy (non-hydrogen) atoms. The number of sulfone groups is 1. The number of likely N-dealkylation sites (tertiary alicyclic amines) is 1. The molecule has 2 saturated heterocycles. The molecule has 0 aliphatic carbocycles. The summed E-state index contributed by atoms with van der Waals surface area (Å²) in [6.45, 7) is 6.06. The number of Topliss-reactive ketones (excluding diaryl/α,β-unsaturated/α-hetero) is 1. The van der Waals surface area contributed by atoms with Gasteiger partial charge < -0.3 is 10.0 Å². The van der Waals surface area contributed by atoms with Crippen molar-refractivity contribution in [1.82, 2.24) is 4.90 Å². The van der Waals surface area contributed by atoms with E-state index in [9.17, 15) is 23.1 Å². The van der Waals surface area contributed by atoms with Crippen LogP contribution >= 0.6 is 0 Å². The van der Waals surface area contributed by atoms with E-state index >= 15 is 0 Å². The first-order valence-corrected chi connectivity index (χ1v) is 12.6. The summed E-state index contributed by atoms with van der Waals surface area (Å²) in [5.74, 6) is -1.68. The highest BCUT2D eigenvalue weighted by molar-refractivity contribution is 7.91. The predicted molar refractivity (Wildman–Crippen MR) is 123 cm³/mol. The van der Waals surface area contributed by atoms with Gasteiger partial charge in [0.2, 0.25) is 0 Å². The number of rotatable bonds is 4. The van der Waals surface area contributed by atoms with Crippen LogP contribution in [-0.4, -0.2) is 47.7 Å². The highest BCUT2D eigenvalue weighted by atomic mass is 32.2. The Morgan fingerprint density at radius 1 is 1.03 bits per heavy atom. The third kappa shape index (κ3) is 3.97. The van der Waals surface area contributed by atoms with Crippen LogP contribution in [-0.2, 0) is 19.4 Å². The number of aryl methyl sites for hydroxylation is 1. The Bertz CT molecular complexity index is 1190. The van der Waals surface area contributed by atoms with Crippen molar-refractivity contribution >= 4 is 27.3 Å². The quantitative estimate of drug-likeness (QED) is 0.433. The van der Waals surface area contributed by atoms with Crippen molar-refractivity contribution in [1.29, 1.82) is 0 Å². The summed E-state index contributed by atoms with van der Waals surface area (Å²) >= 11 is 0. The number of amides is 1. The highest BCUT2D eigenvalue weighted by Crippen LogP contribution is 2.42. The minimum absolute atomic E-state index is 0.000415. The van der Waals surface area contributed by atoms with E-state index in [1.54, 1.807) is 12.1 Å². The molecule has 6 nitrogen and oxygen atoms in total. The third-order valence-corrected chi connectivity index (χ3v) is 8.08. The summed E-state index contributed by atoms with van der Waals surface area (Å²) in [7, 11) is -3.28. The molecule has 2 atom stereocenters. The lowest BCUT2D eigenvalue weighted by Gasteiger charge is -2.30. The second kappa shape index (κ2) is 8.20. The van der Waals surface area contributed by atoms with Crippen LogP contribution in [0.15, 0.2) is 54.1 Å². The summed E-state index contributed by atoms with van der Waals surface area (Å²) in [6, 6.07) is 13.2. The van der Waals surface area contributed by atoms with Crippen LogP contribution in [0.2, 0.25) is 0 Å². The molecule has 2 unspecified atom stereocenters. The topological polar surface area (TPSA) is 91.8 Å². The van der Waals surface area contributed by atoms with E-state index in [2.05, 4.69) is 13.8 Å². The lowest BCUT2D eigenvalue weighted by atomic mass is 9.92. The fraction of sp³-hybridized carbons (Fsp3) is 0.360. The van der Waals surface area contributed by atoms with Crippen molar-refractivity contribution in [3.05, 3.63) is 76.4 Å². The van der Waals surface area contributed by atoms with E-state index in [0.29, 0.717) is 17.0 Å². The van der Waals surface area contributed by atoms with Crippen LogP contribution in [0.5, 0.6) is 0 Å². The molecule has 2 aliphatic heterocycles. The fourth-order valence-corrected chi connectivity index (χ4v) is 6.19. The van der Waals surface area contributed by atoms with Crippen LogP contribution in [0, 0.1) is 6.92 Å². The van der Waals surface area contributed by atoms with Gasteiger partial charge in [-0.1, -0.05) is 67.9 Å². The van der Waals surface area contributed by atoms with E-state index in [4.69, 9.17) is 0 Å². The zero-order valence-electron chi connectivity index (χ0n) is 18.4. The first-order chi connectivity index (χ1) is 15.1. The number of hydrogen-bond acceptors (Lipinski definition) is 5. The summed E-state index contributed by atoms with van der Waals surface area (Å²) in [5, 5.41) is 11.1. The van der Waals surface area contributed by atoms with Gasteiger partial charge in [0, 0.05) is 11.6 Å². The normalized spacial score (nSPS) is 24.4. The Balaban J connectivity index is 1.87. The SMILES string of the molecule is Cc1ccc(/C(O)=C2/C(=O)C(=O)N(C3CCS(=O)(=O)C3)C2c2ccc(C(C)C)cc2)cc1. The van der Waals surface area contributed by atoms with Crippen molar-refractivity contribution in [2.75, 3.05) is 11.5 Å². The summed E-state index contributed by atoms with van der Waals surface area (Å²) in [6.07, 6.45) is 0.278. The largest absolute Gasteiger partial charge is 0.507 e. The molecule has 168 valence electrons. The molecule has 1 N–H and O–H groups in total. The number of nitrogens with zero attached hydrogens (tertiary/aromatic N) is 1. The number of aliphatic hydroxyl groups excluding tert-OH is 1. The Labute approximate surface area is 188 Å². The molecule has 4 rings (SSSR count). The molecule has 2 heterocycles. The Morgan fingerprint density at radius 3 is 2.19 bits per heavy atom. The van der Waals surface area contributed by atoms with Gasteiger partial charge in [0.15, 0.2) is 9.84 Å². The summed E-state index contributed by atoms with van der Waals surface area (Å²) < 4.78 is 24.3. The number of hydrogen-bond donors (Lipinski definition) is 1. The van der Waals surface area contributed by atoms with Gasteiger partial charge in [0.1, 0.15) is 5.76 Å². The van der Waals surface area contributed by atoms with E-state index in [1.807, 2.05) is 43.3 Å². The highest BCUT2D eigenvalue weighted by Gasteiger charge is 2.50. The van der Waals surface area contributed by atoms with Gasteiger partial charge in [0.05, 0.1) is 23.1 Å². The standard InChI is InChI=1S/C25H27NO5S/c1-15(2)17-8-10-18(11-9-17)22-21(23(27)19-6-4-16(3)5-7-19)24(28)25(29)26(22)20-12-13-32(30,31)14-20/h4-11,15,20,22,27H,12-14H2,1-3H3/b23-21-. The van der Waals surface area contributed by atoms with E-state index in [1.165, 1.54) is 4.90 Å². The van der Waals surface area contributed by atoms with Crippen molar-refractivity contribution in [3.8, 4) is 0 Å². The van der Waals surface area contributed by atoms with Crippen LogP contribution < -0.4 is 0 Å². The zero-order chi connectivity index (χ0) is 23.2. The van der Waals surface area contributed by atoms with Crippen molar-refractivity contribution in [2.24, 2.45) is 0 Å². The minimum atomic E-state index is -3.28. The lowest BCUT2D eigenvalue weighted by Crippen LogP contribution is -2.40. The molecule has 0 radical (unpaired) electrons. The van der Waals surface area contributed by atoms with Crippen molar-refractivity contribution < 1.29 is 23.1 Å². The molecule has 7 heteroatoms. The average Bonchev–Trinajstić information content (AvgIpc) is 3.24. The molecule has 0 spiro atoms. The van der Waals surface area contributed by atoms with Gasteiger partial charge in [0.25, 0.3) is 11.7 Å². The maximum atomic E-state index is 13.1. The Kier molecular flexibility index (Phi) is 5.71. The Hall–Kier alpha value is -2.93. The van der Waals surface area contributed by atoms with Gasteiger partial charge >= 0.3 is 0 Å². The molecule has 0 bridgehead atoms. The van der Waals surface area contributed by atoms with Gasteiger partial charge in [-0.15, -0.1) is 0 Å². The van der Waals surface area contributed by atoms with Gasteiger partial charge in [-0.25, -0.2) is 8.42 Å². The average molecular weight is 454 g/mol. The predicted octanol–water partition coefficient (Wildman–Crippen LogP) is 3.73. The monoisotopic (exact) mass is 453 g/mol. The Morgan fingerprint density at radius 2 is 1.66 bits per heavy atom. The molecule has 2 aromatic rings. The minimum Gasteiger partial charge on any atom is -0.507 e. The van der Waals surface area contributed by atoms with Crippen molar-refractivity contribution in [3.63, 3.8) is 0 Å². The molecular formula is C25H27NO5S. The lowest BCUT2D eigenvalue weighted by molar-refractivity contribution is -0.141. The van der Waals surface area contributed by atoms with E-state index < -0.39 is 33.6 Å². The molecule has 0 aromatic heterocycles. The maximum Gasteiger partial charge on any atom is 0.295 e. The smallest absolute Gasteiger partial charge is 0.295 e. The van der Waals surface area contributed by atoms with Crippen molar-refractivity contribution in [2.45, 2.75) is 45.2 Å². The third-order valence-electron chi connectivity index (χ3n) is 6.33. The fourth-order valence-electron chi connectivity index (χ4n) is 4.48. The van der Waals surface area contributed by atoms with Crippen LogP contribution in [0.1, 0.15) is 54.5 Å².